The lowest BCUT2D eigenvalue weighted by atomic mass is 9.75. The molecule has 4 aliphatic heterocycles. The van der Waals surface area contributed by atoms with Crippen molar-refractivity contribution in [3.8, 4) is 0 Å². The molecule has 3 atom stereocenters. The topological polar surface area (TPSA) is 35.2 Å². The number of piperidine rings is 3. The van der Waals surface area contributed by atoms with Crippen LogP contribution in [0.2, 0.25) is 0 Å². The van der Waals surface area contributed by atoms with E-state index in [4.69, 9.17) is 0 Å². The molecular weight excluding hydrogens is 322 g/mol. The third kappa shape index (κ3) is 2.59. The number of hydrogen-bond acceptors (Lipinski definition) is 3. The molecule has 0 saturated carbocycles. The molecule has 4 saturated heterocycles. The number of rotatable bonds is 3. The van der Waals surface area contributed by atoms with Crippen LogP contribution >= 0.6 is 0 Å². The van der Waals surface area contributed by atoms with E-state index in [-0.39, 0.29) is 5.92 Å². The quantitative estimate of drug-likeness (QED) is 0.930. The van der Waals surface area contributed by atoms with Crippen LogP contribution in [0.15, 0.2) is 30.6 Å². The number of nitrogens with zero attached hydrogens (tertiary/aromatic N) is 3. The molecule has 4 aliphatic rings. The summed E-state index contributed by atoms with van der Waals surface area (Å²) in [4.78, 5) is 12.6. The number of nitrogens with one attached hydrogen (secondary N) is 1. The minimum atomic E-state index is -0.480. The molecule has 1 aromatic heterocycles. The molecule has 2 aromatic rings. The lowest BCUT2D eigenvalue weighted by Crippen LogP contribution is -2.60. The largest absolute Gasteiger partial charge is 0.348 e. The zero-order chi connectivity index (χ0) is 17.0. The molecule has 4 nitrogen and oxygen atoms in total. The van der Waals surface area contributed by atoms with Crippen LogP contribution < -0.4 is 0 Å². The van der Waals surface area contributed by atoms with Crippen LogP contribution in [0.1, 0.15) is 30.1 Å². The molecule has 0 aliphatic carbocycles. The number of imidazole rings is 1. The first-order valence-electron chi connectivity index (χ1n) is 9.11. The van der Waals surface area contributed by atoms with Crippen molar-refractivity contribution < 1.29 is 8.78 Å². The van der Waals surface area contributed by atoms with Crippen LogP contribution in [0.3, 0.4) is 0 Å². The average Bonchev–Trinajstić information content (AvgIpc) is 3.24. The maximum atomic E-state index is 13.8. The summed E-state index contributed by atoms with van der Waals surface area (Å²) in [6, 6.07) is 4.80. The van der Waals surface area contributed by atoms with Gasteiger partial charge in [0.2, 0.25) is 0 Å². The zero-order valence-electron chi connectivity index (χ0n) is 14.0. The summed E-state index contributed by atoms with van der Waals surface area (Å²) in [6.45, 7) is 3.81. The van der Waals surface area contributed by atoms with Gasteiger partial charge in [0.15, 0.2) is 0 Å². The molecule has 1 N–H and O–H groups in total. The Hall–Kier alpha value is -1.79. The van der Waals surface area contributed by atoms with Crippen LogP contribution in [0, 0.1) is 17.6 Å². The summed E-state index contributed by atoms with van der Waals surface area (Å²) < 4.78 is 27.6. The monoisotopic (exact) mass is 344 g/mol. The summed E-state index contributed by atoms with van der Waals surface area (Å²) in [5.41, 5.74) is 0.794. The van der Waals surface area contributed by atoms with E-state index in [1.807, 2.05) is 6.20 Å². The Balaban J connectivity index is 1.51. The fourth-order valence-corrected chi connectivity index (χ4v) is 5.38. The van der Waals surface area contributed by atoms with Gasteiger partial charge in [0.05, 0.1) is 6.54 Å². The van der Waals surface area contributed by atoms with Crippen LogP contribution in [0.4, 0.5) is 8.78 Å². The minimum absolute atomic E-state index is 0.147. The van der Waals surface area contributed by atoms with Crippen LogP contribution in [-0.4, -0.2) is 51.5 Å². The SMILES string of the molecule is Fc1cc(F)cc([C@@H]2CN(Cc3ncc[nH]3)[C@@H]3C4CCN(CC4)[C@@H]32)c1. The number of halogens is 2. The van der Waals surface area contributed by atoms with E-state index >= 15 is 0 Å². The smallest absolute Gasteiger partial charge is 0.126 e. The van der Waals surface area contributed by atoms with E-state index in [0.717, 1.165) is 43.6 Å². The standard InChI is InChI=1S/C19H22F2N4/c20-14-7-13(8-15(21)9-14)16-10-25(11-17-22-3-4-23-17)18-12-1-5-24(6-2-12)19(16)18/h3-4,7-9,12,16,18-19H,1-2,5-6,10-11H2,(H,22,23)/t16-,18+,19+/m0/s1. The summed E-state index contributed by atoms with van der Waals surface area (Å²) >= 11 is 0. The minimum Gasteiger partial charge on any atom is -0.348 e. The molecule has 4 fully saturated rings. The van der Waals surface area contributed by atoms with Gasteiger partial charge in [-0.1, -0.05) is 0 Å². The lowest BCUT2D eigenvalue weighted by molar-refractivity contribution is -0.00926. The van der Waals surface area contributed by atoms with Crippen molar-refractivity contribution in [2.75, 3.05) is 19.6 Å². The van der Waals surface area contributed by atoms with Gasteiger partial charge in [-0.25, -0.2) is 13.8 Å². The van der Waals surface area contributed by atoms with Crippen molar-refractivity contribution in [3.63, 3.8) is 0 Å². The second-order valence-electron chi connectivity index (χ2n) is 7.63. The second-order valence-corrected chi connectivity index (χ2v) is 7.63. The normalized spacial score (nSPS) is 34.4. The maximum absolute atomic E-state index is 13.8. The Bertz CT molecular complexity index is 735. The number of hydrogen-bond donors (Lipinski definition) is 1. The second kappa shape index (κ2) is 5.88. The number of fused-ring (bicyclic) bond motifs is 2. The third-order valence-corrected chi connectivity index (χ3v) is 6.31. The Morgan fingerprint density at radius 3 is 2.52 bits per heavy atom. The van der Waals surface area contributed by atoms with Crippen LogP contribution in [0.5, 0.6) is 0 Å². The molecule has 6 rings (SSSR count). The highest BCUT2D eigenvalue weighted by molar-refractivity contribution is 5.28. The predicted molar refractivity (Wildman–Crippen MR) is 90.0 cm³/mol. The molecule has 5 heterocycles. The van der Waals surface area contributed by atoms with E-state index in [2.05, 4.69) is 19.8 Å². The predicted octanol–water partition coefficient (Wildman–Crippen LogP) is 2.75. The number of aromatic amines is 1. The summed E-state index contributed by atoms with van der Waals surface area (Å²) in [5, 5.41) is 0. The van der Waals surface area contributed by atoms with E-state index < -0.39 is 11.6 Å². The number of benzene rings is 1. The van der Waals surface area contributed by atoms with Gasteiger partial charge in [-0.05, 0) is 49.5 Å². The summed E-state index contributed by atoms with van der Waals surface area (Å²) in [7, 11) is 0. The van der Waals surface area contributed by atoms with Gasteiger partial charge in [-0.3, -0.25) is 9.80 Å². The van der Waals surface area contributed by atoms with E-state index in [9.17, 15) is 8.78 Å². The highest BCUT2D eigenvalue weighted by atomic mass is 19.1. The average molecular weight is 344 g/mol. The highest BCUT2D eigenvalue weighted by Crippen LogP contribution is 2.47. The number of likely N-dealkylation sites (tertiary alicyclic amines) is 1. The summed E-state index contributed by atoms with van der Waals surface area (Å²) in [6.07, 6.45) is 6.07. The third-order valence-electron chi connectivity index (χ3n) is 6.31. The van der Waals surface area contributed by atoms with Crippen molar-refractivity contribution in [2.45, 2.75) is 37.4 Å². The van der Waals surface area contributed by atoms with E-state index in [0.29, 0.717) is 18.0 Å². The van der Waals surface area contributed by atoms with Gasteiger partial charge in [-0.2, -0.15) is 0 Å². The van der Waals surface area contributed by atoms with Crippen molar-refractivity contribution in [2.24, 2.45) is 5.92 Å². The maximum Gasteiger partial charge on any atom is 0.126 e. The van der Waals surface area contributed by atoms with E-state index in [1.54, 1.807) is 6.20 Å². The van der Waals surface area contributed by atoms with Crippen molar-refractivity contribution >= 4 is 0 Å². The van der Waals surface area contributed by atoms with Crippen molar-refractivity contribution in [1.82, 2.24) is 19.8 Å². The molecule has 1 aromatic carbocycles. The molecule has 2 bridgehead atoms. The molecule has 0 unspecified atom stereocenters. The molecule has 0 spiro atoms. The Morgan fingerprint density at radius 1 is 1.08 bits per heavy atom. The molecule has 132 valence electrons. The Labute approximate surface area is 145 Å². The number of H-pyrrole nitrogens is 1. The van der Waals surface area contributed by atoms with E-state index in [1.165, 1.54) is 25.0 Å². The van der Waals surface area contributed by atoms with Crippen molar-refractivity contribution in [1.29, 1.82) is 0 Å². The highest BCUT2D eigenvalue weighted by Gasteiger charge is 2.53. The van der Waals surface area contributed by atoms with Crippen LogP contribution in [-0.2, 0) is 6.54 Å². The van der Waals surface area contributed by atoms with Crippen molar-refractivity contribution in [3.05, 3.63) is 53.6 Å². The fraction of sp³-hybridized carbons (Fsp3) is 0.526. The van der Waals surface area contributed by atoms with Gasteiger partial charge in [-0.15, -0.1) is 0 Å². The van der Waals surface area contributed by atoms with Crippen LogP contribution in [0.25, 0.3) is 0 Å². The van der Waals surface area contributed by atoms with Gasteiger partial charge in [0.1, 0.15) is 17.5 Å². The van der Waals surface area contributed by atoms with Gasteiger partial charge in [0.25, 0.3) is 0 Å². The Kier molecular flexibility index (Phi) is 3.64. The molecule has 25 heavy (non-hydrogen) atoms. The lowest BCUT2D eigenvalue weighted by Gasteiger charge is -2.51. The molecule has 6 heteroatoms. The summed E-state index contributed by atoms with van der Waals surface area (Å²) in [5.74, 6) is 0.821. The fourth-order valence-electron chi connectivity index (χ4n) is 5.38. The molecular formula is C19H22F2N4. The first-order valence-corrected chi connectivity index (χ1v) is 9.11. The zero-order valence-corrected chi connectivity index (χ0v) is 14.0. The first kappa shape index (κ1) is 15.5. The first-order chi connectivity index (χ1) is 12.2. The number of aromatic nitrogens is 2. The Morgan fingerprint density at radius 2 is 1.84 bits per heavy atom. The van der Waals surface area contributed by atoms with Gasteiger partial charge in [0, 0.05) is 43.0 Å². The molecule has 0 amide bonds. The van der Waals surface area contributed by atoms with Gasteiger partial charge < -0.3 is 4.98 Å². The molecule has 0 radical (unpaired) electrons. The van der Waals surface area contributed by atoms with Gasteiger partial charge >= 0.3 is 0 Å².